The zero-order chi connectivity index (χ0) is 15.2. The van der Waals surface area contributed by atoms with Crippen LogP contribution in [0.4, 0.5) is 0 Å². The highest BCUT2D eigenvalue weighted by Gasteiger charge is 2.29. The Labute approximate surface area is 125 Å². The molecule has 2 unspecified atom stereocenters. The van der Waals surface area contributed by atoms with E-state index in [1.54, 1.807) is 11.8 Å². The van der Waals surface area contributed by atoms with Gasteiger partial charge in [0.1, 0.15) is 0 Å². The molecule has 118 valence electrons. The first kappa shape index (κ1) is 17.7. The van der Waals surface area contributed by atoms with Crippen LogP contribution < -0.4 is 15.8 Å². The van der Waals surface area contributed by atoms with Crippen LogP contribution in [-0.4, -0.2) is 51.2 Å². The summed E-state index contributed by atoms with van der Waals surface area (Å²) in [4.78, 5) is 11.8. The van der Waals surface area contributed by atoms with Crippen LogP contribution in [0.25, 0.3) is 0 Å². The summed E-state index contributed by atoms with van der Waals surface area (Å²) in [6.45, 7) is 0.485. The van der Waals surface area contributed by atoms with Gasteiger partial charge in [-0.1, -0.05) is 6.42 Å². The molecule has 0 heterocycles. The predicted octanol–water partition coefficient (Wildman–Crippen LogP) is -0.0991. The first-order chi connectivity index (χ1) is 9.33. The molecule has 4 N–H and O–H groups in total. The summed E-state index contributed by atoms with van der Waals surface area (Å²) in [6, 6.07) is -0.558. The summed E-state index contributed by atoms with van der Waals surface area (Å²) in [7, 11) is -3.20. The van der Waals surface area contributed by atoms with E-state index in [1.165, 1.54) is 6.26 Å². The maximum Gasteiger partial charge on any atom is 0.236 e. The van der Waals surface area contributed by atoms with E-state index < -0.39 is 16.1 Å². The van der Waals surface area contributed by atoms with Gasteiger partial charge in [-0.2, -0.15) is 11.8 Å². The largest absolute Gasteiger partial charge is 0.354 e. The Kier molecular flexibility index (Phi) is 7.28. The van der Waals surface area contributed by atoms with Crippen molar-refractivity contribution in [2.75, 3.05) is 24.8 Å². The number of hydrogen-bond acceptors (Lipinski definition) is 5. The van der Waals surface area contributed by atoms with Crippen LogP contribution in [0.1, 0.15) is 25.7 Å². The zero-order valence-electron chi connectivity index (χ0n) is 12.1. The van der Waals surface area contributed by atoms with Crippen molar-refractivity contribution in [2.45, 2.75) is 37.8 Å². The quantitative estimate of drug-likeness (QED) is 0.579. The van der Waals surface area contributed by atoms with Gasteiger partial charge < -0.3 is 11.1 Å². The van der Waals surface area contributed by atoms with Gasteiger partial charge >= 0.3 is 0 Å². The first-order valence-electron chi connectivity index (χ1n) is 6.83. The van der Waals surface area contributed by atoms with Crippen LogP contribution in [0, 0.1) is 5.92 Å². The van der Waals surface area contributed by atoms with E-state index in [0.29, 0.717) is 13.0 Å². The van der Waals surface area contributed by atoms with Crippen molar-refractivity contribution in [1.82, 2.24) is 10.0 Å². The summed E-state index contributed by atoms with van der Waals surface area (Å²) in [5.74, 6) is 0.862. The predicted molar refractivity (Wildman–Crippen MR) is 83.1 cm³/mol. The van der Waals surface area contributed by atoms with Crippen LogP contribution >= 0.6 is 11.8 Å². The van der Waals surface area contributed by atoms with Gasteiger partial charge in [-0.25, -0.2) is 13.1 Å². The number of hydrogen-bond donors (Lipinski definition) is 3. The molecule has 0 saturated heterocycles. The van der Waals surface area contributed by atoms with Gasteiger partial charge in [0.2, 0.25) is 15.9 Å². The number of amides is 1. The number of rotatable bonds is 8. The molecule has 0 spiro atoms. The third-order valence-corrected chi connectivity index (χ3v) is 4.91. The van der Waals surface area contributed by atoms with Gasteiger partial charge in [0.25, 0.3) is 0 Å². The van der Waals surface area contributed by atoms with Crippen LogP contribution in [0.5, 0.6) is 0 Å². The molecule has 1 amide bonds. The van der Waals surface area contributed by atoms with E-state index in [0.717, 1.165) is 25.0 Å². The van der Waals surface area contributed by atoms with E-state index in [-0.39, 0.29) is 17.9 Å². The molecule has 0 bridgehead atoms. The van der Waals surface area contributed by atoms with Crippen molar-refractivity contribution in [1.29, 1.82) is 0 Å². The van der Waals surface area contributed by atoms with E-state index in [2.05, 4.69) is 10.0 Å². The lowest BCUT2D eigenvalue weighted by Gasteiger charge is -2.21. The molecule has 1 saturated carbocycles. The third-order valence-electron chi connectivity index (χ3n) is 3.53. The monoisotopic (exact) mass is 323 g/mol. The van der Waals surface area contributed by atoms with Crippen molar-refractivity contribution in [3.63, 3.8) is 0 Å². The summed E-state index contributed by atoms with van der Waals surface area (Å²) < 4.78 is 25.2. The Hall–Kier alpha value is -0.310. The summed E-state index contributed by atoms with van der Waals surface area (Å²) in [5.41, 5.74) is 5.79. The lowest BCUT2D eigenvalue weighted by atomic mass is 10.0. The Morgan fingerprint density at radius 3 is 2.75 bits per heavy atom. The maximum absolute atomic E-state index is 11.8. The lowest BCUT2D eigenvalue weighted by molar-refractivity contribution is -0.122. The van der Waals surface area contributed by atoms with Gasteiger partial charge in [0, 0.05) is 12.6 Å². The van der Waals surface area contributed by atoms with E-state index in [9.17, 15) is 13.2 Å². The fourth-order valence-corrected chi connectivity index (χ4v) is 3.80. The molecule has 1 aliphatic rings. The second-order valence-electron chi connectivity index (χ2n) is 5.32. The Balaban J connectivity index is 2.38. The number of thioether (sulfide) groups is 1. The van der Waals surface area contributed by atoms with Crippen molar-refractivity contribution < 1.29 is 13.2 Å². The van der Waals surface area contributed by atoms with Crippen LogP contribution in [0.15, 0.2) is 0 Å². The summed E-state index contributed by atoms with van der Waals surface area (Å²) in [6.07, 6.45) is 6.53. The Morgan fingerprint density at radius 2 is 2.15 bits per heavy atom. The van der Waals surface area contributed by atoms with Gasteiger partial charge in [-0.15, -0.1) is 0 Å². The molecule has 0 aromatic heterocycles. The third kappa shape index (κ3) is 6.43. The molecule has 0 aromatic carbocycles. The number of carbonyl (C=O) groups excluding carboxylic acids is 1. The van der Waals surface area contributed by atoms with Crippen molar-refractivity contribution >= 4 is 27.7 Å². The van der Waals surface area contributed by atoms with Crippen LogP contribution in [0.2, 0.25) is 0 Å². The van der Waals surface area contributed by atoms with Gasteiger partial charge in [0.05, 0.1) is 12.3 Å². The van der Waals surface area contributed by atoms with Gasteiger partial charge in [0.15, 0.2) is 0 Å². The van der Waals surface area contributed by atoms with Gasteiger partial charge in [-0.05, 0) is 37.2 Å². The molecule has 1 fully saturated rings. The van der Waals surface area contributed by atoms with Crippen molar-refractivity contribution in [2.24, 2.45) is 11.7 Å². The topological polar surface area (TPSA) is 101 Å². The SMILES string of the molecule is CSCC[C@H](N)C(=O)NCC1CCCC1NS(C)(=O)=O. The molecular weight excluding hydrogens is 298 g/mol. The highest BCUT2D eigenvalue weighted by atomic mass is 32.2. The molecule has 1 rings (SSSR count). The fraction of sp³-hybridized carbons (Fsp3) is 0.917. The number of nitrogens with one attached hydrogen (secondary N) is 2. The first-order valence-corrected chi connectivity index (χ1v) is 10.1. The molecule has 1 aliphatic carbocycles. The zero-order valence-corrected chi connectivity index (χ0v) is 13.7. The smallest absolute Gasteiger partial charge is 0.236 e. The highest BCUT2D eigenvalue weighted by molar-refractivity contribution is 7.98. The number of nitrogens with two attached hydrogens (primary N) is 1. The van der Waals surface area contributed by atoms with Gasteiger partial charge in [-0.3, -0.25) is 4.79 Å². The van der Waals surface area contributed by atoms with E-state index >= 15 is 0 Å². The second kappa shape index (κ2) is 8.21. The molecule has 6 nitrogen and oxygen atoms in total. The van der Waals surface area contributed by atoms with Crippen LogP contribution in [0.3, 0.4) is 0 Å². The average Bonchev–Trinajstić information content (AvgIpc) is 2.77. The molecule has 20 heavy (non-hydrogen) atoms. The average molecular weight is 323 g/mol. The summed E-state index contributed by atoms with van der Waals surface area (Å²) >= 11 is 1.66. The highest BCUT2D eigenvalue weighted by Crippen LogP contribution is 2.25. The molecule has 0 aliphatic heterocycles. The lowest BCUT2D eigenvalue weighted by Crippen LogP contribution is -2.46. The maximum atomic E-state index is 11.8. The molecular formula is C12H25N3O3S2. The minimum Gasteiger partial charge on any atom is -0.354 e. The van der Waals surface area contributed by atoms with E-state index in [4.69, 9.17) is 5.73 Å². The minimum atomic E-state index is -3.20. The van der Waals surface area contributed by atoms with Crippen molar-refractivity contribution in [3.05, 3.63) is 0 Å². The summed E-state index contributed by atoms with van der Waals surface area (Å²) in [5, 5.41) is 2.84. The second-order valence-corrected chi connectivity index (χ2v) is 8.09. The molecule has 0 radical (unpaired) electrons. The minimum absolute atomic E-state index is 0.0762. The standard InChI is InChI=1S/C12H25N3O3S2/c1-19-7-6-10(13)12(16)14-8-9-4-3-5-11(9)15-20(2,17)18/h9-11,15H,3-8,13H2,1-2H3,(H,14,16)/t9?,10-,11?/m0/s1. The molecule has 0 aromatic rings. The van der Waals surface area contributed by atoms with E-state index in [1.807, 2.05) is 6.26 Å². The van der Waals surface area contributed by atoms with Crippen molar-refractivity contribution in [3.8, 4) is 0 Å². The Morgan fingerprint density at radius 1 is 1.45 bits per heavy atom. The molecule has 3 atom stereocenters. The normalized spacial score (nSPS) is 24.6. The number of carbonyl (C=O) groups is 1. The number of sulfonamides is 1. The fourth-order valence-electron chi connectivity index (χ4n) is 2.45. The Bertz CT molecular complexity index is 414. The molecule has 8 heteroatoms. The van der Waals surface area contributed by atoms with Crippen LogP contribution in [-0.2, 0) is 14.8 Å².